The molecule has 1 N–H and O–H groups in total. The molecule has 0 aliphatic carbocycles. The minimum Gasteiger partial charge on any atom is -0.378 e. The Morgan fingerprint density at radius 2 is 2.06 bits per heavy atom. The number of halogens is 1. The summed E-state index contributed by atoms with van der Waals surface area (Å²) in [7, 11) is 4.06. The minimum absolute atomic E-state index is 0.0139. The van der Waals surface area contributed by atoms with Crippen molar-refractivity contribution in [2.24, 2.45) is 0 Å². The van der Waals surface area contributed by atoms with E-state index in [2.05, 4.69) is 34.5 Å². The van der Waals surface area contributed by atoms with Gasteiger partial charge in [-0.05, 0) is 17.7 Å². The van der Waals surface area contributed by atoms with Crippen molar-refractivity contribution in [3.63, 3.8) is 0 Å². The van der Waals surface area contributed by atoms with Gasteiger partial charge in [-0.1, -0.05) is 12.1 Å². The van der Waals surface area contributed by atoms with Crippen LogP contribution in [0.25, 0.3) is 0 Å². The molecular formula is C12H17ClN2O. The molecule has 1 aliphatic rings. The Hall–Kier alpha value is -0.770. The van der Waals surface area contributed by atoms with Crippen molar-refractivity contribution in [3.8, 4) is 0 Å². The van der Waals surface area contributed by atoms with Crippen LogP contribution in [0.15, 0.2) is 24.3 Å². The lowest BCUT2D eigenvalue weighted by Gasteiger charge is -2.15. The van der Waals surface area contributed by atoms with Gasteiger partial charge in [0.2, 0.25) is 0 Å². The second-order valence-electron chi connectivity index (χ2n) is 4.22. The fourth-order valence-electron chi connectivity index (χ4n) is 1.75. The van der Waals surface area contributed by atoms with E-state index in [1.54, 1.807) is 0 Å². The number of alkyl halides is 1. The van der Waals surface area contributed by atoms with Gasteiger partial charge >= 0.3 is 0 Å². The summed E-state index contributed by atoms with van der Waals surface area (Å²) in [6.07, 6.45) is -0.0139. The number of hydrogen-bond acceptors (Lipinski definition) is 3. The summed E-state index contributed by atoms with van der Waals surface area (Å²) in [6.45, 7) is 0.684. The van der Waals surface area contributed by atoms with Gasteiger partial charge in [0, 0.05) is 31.7 Å². The third kappa shape index (κ3) is 2.48. The highest BCUT2D eigenvalue weighted by Crippen LogP contribution is 2.23. The topological polar surface area (TPSA) is 24.5 Å². The molecule has 1 fully saturated rings. The van der Waals surface area contributed by atoms with Crippen LogP contribution < -0.4 is 10.2 Å². The van der Waals surface area contributed by atoms with Crippen LogP contribution in [0.5, 0.6) is 0 Å². The smallest absolute Gasteiger partial charge is 0.134 e. The normalized spacial score (nSPS) is 24.7. The third-order valence-corrected chi connectivity index (χ3v) is 3.12. The lowest BCUT2D eigenvalue weighted by molar-refractivity contribution is 0.101. The van der Waals surface area contributed by atoms with Crippen LogP contribution in [0.4, 0.5) is 5.69 Å². The molecule has 88 valence electrons. The molecule has 0 aromatic heterocycles. The summed E-state index contributed by atoms with van der Waals surface area (Å²) in [5, 5.41) is 3.34. The van der Waals surface area contributed by atoms with E-state index in [1.807, 2.05) is 14.1 Å². The number of hydrogen-bond donors (Lipinski definition) is 1. The van der Waals surface area contributed by atoms with Gasteiger partial charge in [0.25, 0.3) is 0 Å². The van der Waals surface area contributed by atoms with E-state index in [1.165, 1.54) is 5.69 Å². The van der Waals surface area contributed by atoms with Crippen molar-refractivity contribution in [1.29, 1.82) is 0 Å². The lowest BCUT2D eigenvalue weighted by atomic mass is 10.1. The number of anilines is 1. The molecule has 0 radical (unpaired) electrons. The van der Waals surface area contributed by atoms with Crippen molar-refractivity contribution in [3.05, 3.63) is 29.8 Å². The molecule has 0 saturated carbocycles. The summed E-state index contributed by atoms with van der Waals surface area (Å²) >= 11 is 5.78. The van der Waals surface area contributed by atoms with Crippen molar-refractivity contribution in [1.82, 2.24) is 5.32 Å². The van der Waals surface area contributed by atoms with Crippen molar-refractivity contribution < 1.29 is 4.74 Å². The molecular weight excluding hydrogens is 224 g/mol. The van der Waals surface area contributed by atoms with E-state index in [4.69, 9.17) is 16.3 Å². The van der Waals surface area contributed by atoms with Gasteiger partial charge in [-0.2, -0.15) is 0 Å². The number of nitrogens with one attached hydrogen (secondary N) is 1. The second kappa shape index (κ2) is 5.04. The standard InChI is InChI=1S/C12H17ClN2O/c1-15(2)11-5-3-9(4-6-11)12-14-10(7-13)8-16-12/h3-6,10,12,14H,7-8H2,1-2H3/t10-,12+/m0/s1. The van der Waals surface area contributed by atoms with Crippen LogP contribution in [-0.4, -0.2) is 32.6 Å². The van der Waals surface area contributed by atoms with E-state index < -0.39 is 0 Å². The van der Waals surface area contributed by atoms with E-state index in [0.717, 1.165) is 5.56 Å². The molecule has 0 amide bonds. The fraction of sp³-hybridized carbons (Fsp3) is 0.500. The quantitative estimate of drug-likeness (QED) is 0.818. The maximum atomic E-state index is 5.78. The van der Waals surface area contributed by atoms with Gasteiger partial charge < -0.3 is 9.64 Å². The monoisotopic (exact) mass is 240 g/mol. The minimum atomic E-state index is -0.0139. The molecule has 1 saturated heterocycles. The Labute approximate surface area is 101 Å². The highest BCUT2D eigenvalue weighted by atomic mass is 35.5. The number of nitrogens with zero attached hydrogens (tertiary/aromatic N) is 1. The van der Waals surface area contributed by atoms with Crippen LogP contribution in [0.2, 0.25) is 0 Å². The Bertz CT molecular complexity index is 339. The van der Waals surface area contributed by atoms with Gasteiger partial charge in [-0.3, -0.25) is 5.32 Å². The first kappa shape index (κ1) is 11.7. The second-order valence-corrected chi connectivity index (χ2v) is 4.53. The molecule has 0 bridgehead atoms. The molecule has 0 unspecified atom stereocenters. The van der Waals surface area contributed by atoms with Crippen molar-refractivity contribution in [2.75, 3.05) is 31.5 Å². The Morgan fingerprint density at radius 1 is 1.38 bits per heavy atom. The van der Waals surface area contributed by atoms with Crippen LogP contribution >= 0.6 is 11.6 Å². The van der Waals surface area contributed by atoms with E-state index in [-0.39, 0.29) is 12.3 Å². The Balaban J connectivity index is 2.05. The van der Waals surface area contributed by atoms with Crippen LogP contribution in [0.3, 0.4) is 0 Å². The van der Waals surface area contributed by atoms with Crippen molar-refractivity contribution >= 4 is 17.3 Å². The first-order valence-corrected chi connectivity index (χ1v) is 5.95. The zero-order valence-electron chi connectivity index (χ0n) is 9.61. The fourth-order valence-corrected chi connectivity index (χ4v) is 1.93. The third-order valence-electron chi connectivity index (χ3n) is 2.75. The molecule has 4 heteroatoms. The predicted octanol–water partition coefficient (Wildman–Crippen LogP) is 1.98. The number of ether oxygens (including phenoxy) is 1. The average Bonchev–Trinajstić information content (AvgIpc) is 2.77. The summed E-state index contributed by atoms with van der Waals surface area (Å²) in [4.78, 5) is 2.08. The molecule has 2 atom stereocenters. The summed E-state index contributed by atoms with van der Waals surface area (Å²) in [5.41, 5.74) is 2.34. The molecule has 3 nitrogen and oxygen atoms in total. The molecule has 1 aliphatic heterocycles. The molecule has 1 aromatic rings. The summed E-state index contributed by atoms with van der Waals surface area (Å²) in [5.74, 6) is 0.590. The molecule has 2 rings (SSSR count). The SMILES string of the molecule is CN(C)c1ccc([C@@H]2N[C@@H](CCl)CO2)cc1. The highest BCUT2D eigenvalue weighted by molar-refractivity contribution is 6.18. The first-order chi connectivity index (χ1) is 7.70. The van der Waals surface area contributed by atoms with Crippen molar-refractivity contribution in [2.45, 2.75) is 12.3 Å². The van der Waals surface area contributed by atoms with E-state index in [9.17, 15) is 0 Å². The number of benzene rings is 1. The maximum Gasteiger partial charge on any atom is 0.134 e. The number of rotatable bonds is 3. The van der Waals surface area contributed by atoms with Gasteiger partial charge in [-0.25, -0.2) is 0 Å². The van der Waals surface area contributed by atoms with Crippen LogP contribution in [0, 0.1) is 0 Å². The lowest BCUT2D eigenvalue weighted by Crippen LogP contribution is -2.27. The predicted molar refractivity (Wildman–Crippen MR) is 67.1 cm³/mol. The Morgan fingerprint density at radius 3 is 2.56 bits per heavy atom. The van der Waals surface area contributed by atoms with Gasteiger partial charge in [-0.15, -0.1) is 11.6 Å². The summed E-state index contributed by atoms with van der Waals surface area (Å²) in [6, 6.07) is 8.62. The summed E-state index contributed by atoms with van der Waals surface area (Å²) < 4.78 is 5.63. The van der Waals surface area contributed by atoms with E-state index >= 15 is 0 Å². The van der Waals surface area contributed by atoms with Crippen LogP contribution in [0.1, 0.15) is 11.8 Å². The maximum absolute atomic E-state index is 5.78. The Kier molecular flexibility index (Phi) is 3.69. The first-order valence-electron chi connectivity index (χ1n) is 5.41. The van der Waals surface area contributed by atoms with Gasteiger partial charge in [0.1, 0.15) is 6.23 Å². The average molecular weight is 241 g/mol. The zero-order chi connectivity index (χ0) is 11.5. The zero-order valence-corrected chi connectivity index (χ0v) is 10.4. The molecule has 1 aromatic carbocycles. The van der Waals surface area contributed by atoms with E-state index in [0.29, 0.717) is 12.5 Å². The van der Waals surface area contributed by atoms with Gasteiger partial charge in [0.15, 0.2) is 0 Å². The molecule has 0 spiro atoms. The molecule has 16 heavy (non-hydrogen) atoms. The highest BCUT2D eigenvalue weighted by Gasteiger charge is 2.24. The largest absolute Gasteiger partial charge is 0.378 e. The van der Waals surface area contributed by atoms with Crippen LogP contribution in [-0.2, 0) is 4.74 Å². The molecule has 1 heterocycles. The van der Waals surface area contributed by atoms with Gasteiger partial charge in [0.05, 0.1) is 6.61 Å².